The second kappa shape index (κ2) is 6.19. The Balaban J connectivity index is 2.00. The summed E-state index contributed by atoms with van der Waals surface area (Å²) in [7, 11) is -3.29. The minimum atomic E-state index is -3.29. The number of sulfonamides is 1. The number of carboxylic acid groups (broad SMARTS) is 1. The number of hydrogen-bond acceptors (Lipinski definition) is 4. The summed E-state index contributed by atoms with van der Waals surface area (Å²) in [6.45, 7) is 1.87. The summed E-state index contributed by atoms with van der Waals surface area (Å²) >= 11 is 0. The number of carboxylic acids is 1. The zero-order chi connectivity index (χ0) is 13.9. The highest BCUT2D eigenvalue weighted by molar-refractivity contribution is 7.89. The van der Waals surface area contributed by atoms with Gasteiger partial charge < -0.3 is 9.84 Å². The lowest BCUT2D eigenvalue weighted by Crippen LogP contribution is -2.46. The molecule has 0 saturated carbocycles. The average molecular weight is 291 g/mol. The van der Waals surface area contributed by atoms with Crippen molar-refractivity contribution in [2.45, 2.75) is 37.4 Å². The molecule has 2 heterocycles. The zero-order valence-corrected chi connectivity index (χ0v) is 11.8. The van der Waals surface area contributed by atoms with E-state index in [-0.39, 0.29) is 17.6 Å². The van der Waals surface area contributed by atoms with E-state index in [0.29, 0.717) is 39.1 Å². The Bertz CT molecular complexity index is 416. The molecule has 2 aliphatic heterocycles. The highest BCUT2D eigenvalue weighted by Gasteiger charge is 2.36. The van der Waals surface area contributed by atoms with Gasteiger partial charge in [-0.1, -0.05) is 0 Å². The number of hydrogen-bond donors (Lipinski definition) is 1. The van der Waals surface area contributed by atoms with Gasteiger partial charge in [0.15, 0.2) is 0 Å². The van der Waals surface area contributed by atoms with Gasteiger partial charge in [0, 0.05) is 32.7 Å². The van der Waals surface area contributed by atoms with Gasteiger partial charge in [-0.25, -0.2) is 12.7 Å². The normalized spacial score (nSPS) is 27.3. The van der Waals surface area contributed by atoms with Crippen LogP contribution in [0.15, 0.2) is 0 Å². The van der Waals surface area contributed by atoms with Gasteiger partial charge in [0.1, 0.15) is 0 Å². The Hall–Kier alpha value is -0.660. The lowest BCUT2D eigenvalue weighted by molar-refractivity contribution is -0.138. The number of rotatable bonds is 4. The Labute approximate surface area is 113 Å². The van der Waals surface area contributed by atoms with E-state index < -0.39 is 16.0 Å². The molecule has 2 fully saturated rings. The first-order valence-electron chi connectivity index (χ1n) is 6.78. The first-order chi connectivity index (χ1) is 9.00. The SMILES string of the molecule is O=C(O)CC1CCCN(S(=O)(=O)C2CCOCC2)C1. The Morgan fingerprint density at radius 2 is 1.95 bits per heavy atom. The minimum Gasteiger partial charge on any atom is -0.481 e. The van der Waals surface area contributed by atoms with Gasteiger partial charge in [-0.15, -0.1) is 0 Å². The highest BCUT2D eigenvalue weighted by Crippen LogP contribution is 2.26. The van der Waals surface area contributed by atoms with Crippen molar-refractivity contribution >= 4 is 16.0 Å². The van der Waals surface area contributed by atoms with Crippen LogP contribution < -0.4 is 0 Å². The molecule has 110 valence electrons. The van der Waals surface area contributed by atoms with Crippen molar-refractivity contribution in [1.29, 1.82) is 0 Å². The summed E-state index contributed by atoms with van der Waals surface area (Å²) in [6, 6.07) is 0. The van der Waals surface area contributed by atoms with Crippen LogP contribution in [0, 0.1) is 5.92 Å². The first kappa shape index (κ1) is 14.7. The average Bonchev–Trinajstić information content (AvgIpc) is 2.39. The molecule has 0 amide bonds. The fourth-order valence-electron chi connectivity index (χ4n) is 2.86. The third-order valence-corrected chi connectivity index (χ3v) is 6.26. The maximum Gasteiger partial charge on any atom is 0.303 e. The van der Waals surface area contributed by atoms with Crippen molar-refractivity contribution in [3.8, 4) is 0 Å². The van der Waals surface area contributed by atoms with Crippen LogP contribution >= 0.6 is 0 Å². The van der Waals surface area contributed by atoms with Crippen LogP contribution in [0.4, 0.5) is 0 Å². The van der Waals surface area contributed by atoms with E-state index >= 15 is 0 Å². The first-order valence-corrected chi connectivity index (χ1v) is 8.29. The molecule has 0 aromatic heterocycles. The van der Waals surface area contributed by atoms with E-state index in [9.17, 15) is 13.2 Å². The van der Waals surface area contributed by atoms with Crippen molar-refractivity contribution in [2.24, 2.45) is 5.92 Å². The molecule has 1 atom stereocenters. The van der Waals surface area contributed by atoms with Crippen LogP contribution in [0.3, 0.4) is 0 Å². The summed E-state index contributed by atoms with van der Waals surface area (Å²) in [5.74, 6) is -0.906. The predicted molar refractivity (Wildman–Crippen MR) is 69.3 cm³/mol. The van der Waals surface area contributed by atoms with Gasteiger partial charge in [-0.2, -0.15) is 0 Å². The van der Waals surface area contributed by atoms with E-state index in [0.717, 1.165) is 12.8 Å². The van der Waals surface area contributed by atoms with Gasteiger partial charge in [0.2, 0.25) is 10.0 Å². The summed E-state index contributed by atoms with van der Waals surface area (Å²) in [5, 5.41) is 8.46. The molecular formula is C12H21NO5S. The fraction of sp³-hybridized carbons (Fsp3) is 0.917. The highest BCUT2D eigenvalue weighted by atomic mass is 32.2. The molecule has 0 spiro atoms. The van der Waals surface area contributed by atoms with Gasteiger partial charge in [-0.3, -0.25) is 4.79 Å². The van der Waals surface area contributed by atoms with Crippen molar-refractivity contribution < 1.29 is 23.1 Å². The second-order valence-electron chi connectivity index (χ2n) is 5.32. The van der Waals surface area contributed by atoms with Crippen LogP contribution in [0.5, 0.6) is 0 Å². The molecule has 0 aromatic rings. The number of carbonyl (C=O) groups is 1. The summed E-state index contributed by atoms with van der Waals surface area (Å²) in [4.78, 5) is 10.7. The lowest BCUT2D eigenvalue weighted by atomic mass is 9.96. The maximum absolute atomic E-state index is 12.5. The minimum absolute atomic E-state index is 0.0548. The molecule has 0 aromatic carbocycles. The lowest BCUT2D eigenvalue weighted by Gasteiger charge is -2.35. The monoisotopic (exact) mass is 291 g/mol. The Morgan fingerprint density at radius 1 is 1.26 bits per heavy atom. The quantitative estimate of drug-likeness (QED) is 0.823. The van der Waals surface area contributed by atoms with Crippen molar-refractivity contribution in [3.05, 3.63) is 0 Å². The number of ether oxygens (including phenoxy) is 1. The fourth-order valence-corrected chi connectivity index (χ4v) is 4.87. The van der Waals surface area contributed by atoms with Crippen molar-refractivity contribution in [1.82, 2.24) is 4.31 Å². The smallest absolute Gasteiger partial charge is 0.303 e. The van der Waals surface area contributed by atoms with Gasteiger partial charge in [0.25, 0.3) is 0 Å². The topological polar surface area (TPSA) is 83.9 Å². The van der Waals surface area contributed by atoms with E-state index in [2.05, 4.69) is 0 Å². The third kappa shape index (κ3) is 3.67. The molecule has 1 N–H and O–H groups in total. The van der Waals surface area contributed by atoms with E-state index in [1.165, 1.54) is 4.31 Å². The zero-order valence-electron chi connectivity index (χ0n) is 11.0. The van der Waals surface area contributed by atoms with Crippen LogP contribution in [0.1, 0.15) is 32.1 Å². The maximum atomic E-state index is 12.5. The van der Waals surface area contributed by atoms with Crippen LogP contribution in [0.2, 0.25) is 0 Å². The van der Waals surface area contributed by atoms with Crippen LogP contribution in [0.25, 0.3) is 0 Å². The van der Waals surface area contributed by atoms with E-state index in [1.807, 2.05) is 0 Å². The van der Waals surface area contributed by atoms with Gasteiger partial charge >= 0.3 is 5.97 Å². The Morgan fingerprint density at radius 3 is 2.58 bits per heavy atom. The predicted octanol–water partition coefficient (Wildman–Crippen LogP) is 0.682. The van der Waals surface area contributed by atoms with E-state index in [1.54, 1.807) is 0 Å². The molecule has 2 saturated heterocycles. The van der Waals surface area contributed by atoms with Gasteiger partial charge in [0.05, 0.1) is 5.25 Å². The molecule has 2 rings (SSSR count). The number of piperidine rings is 1. The standard InChI is InChI=1S/C12H21NO5S/c14-12(15)8-10-2-1-5-13(9-10)19(16,17)11-3-6-18-7-4-11/h10-11H,1-9H2,(H,14,15). The molecule has 0 radical (unpaired) electrons. The number of nitrogens with zero attached hydrogens (tertiary/aromatic N) is 1. The van der Waals surface area contributed by atoms with E-state index in [4.69, 9.17) is 9.84 Å². The molecule has 6 nitrogen and oxygen atoms in total. The molecule has 1 unspecified atom stereocenters. The largest absolute Gasteiger partial charge is 0.481 e. The molecule has 2 aliphatic rings. The molecule has 0 aliphatic carbocycles. The molecule has 0 bridgehead atoms. The summed E-state index contributed by atoms with van der Waals surface area (Å²) < 4.78 is 31.7. The summed E-state index contributed by atoms with van der Waals surface area (Å²) in [6.07, 6.45) is 2.69. The van der Waals surface area contributed by atoms with Crippen molar-refractivity contribution in [2.75, 3.05) is 26.3 Å². The number of aliphatic carboxylic acids is 1. The molecule has 7 heteroatoms. The van der Waals surface area contributed by atoms with Crippen LogP contribution in [-0.2, 0) is 19.6 Å². The second-order valence-corrected chi connectivity index (χ2v) is 7.53. The van der Waals surface area contributed by atoms with Crippen LogP contribution in [-0.4, -0.2) is 55.4 Å². The summed E-state index contributed by atoms with van der Waals surface area (Å²) in [5.41, 5.74) is 0. The molecular weight excluding hydrogens is 270 g/mol. The Kier molecular flexibility index (Phi) is 4.81. The molecule has 19 heavy (non-hydrogen) atoms. The van der Waals surface area contributed by atoms with Gasteiger partial charge in [-0.05, 0) is 31.6 Å². The third-order valence-electron chi connectivity index (χ3n) is 3.89. The van der Waals surface area contributed by atoms with Crippen molar-refractivity contribution in [3.63, 3.8) is 0 Å².